The van der Waals surface area contributed by atoms with Crippen LogP contribution < -0.4 is 14.8 Å². The number of methoxy groups -OCH3 is 2. The van der Waals surface area contributed by atoms with Gasteiger partial charge in [-0.3, -0.25) is 9.59 Å². The van der Waals surface area contributed by atoms with Crippen LogP contribution in [0.1, 0.15) is 12.5 Å². The van der Waals surface area contributed by atoms with Gasteiger partial charge in [0.1, 0.15) is 0 Å². The first kappa shape index (κ1) is 20.9. The first-order valence-corrected chi connectivity index (χ1v) is 8.75. The highest BCUT2D eigenvalue weighted by molar-refractivity contribution is 6.35. The molecule has 0 aromatic heterocycles. The monoisotopic (exact) mass is 411 g/mol. The van der Waals surface area contributed by atoms with Crippen molar-refractivity contribution in [2.75, 3.05) is 19.5 Å². The van der Waals surface area contributed by atoms with Gasteiger partial charge in [0, 0.05) is 15.7 Å². The molecule has 27 heavy (non-hydrogen) atoms. The number of nitrogens with one attached hydrogen (secondary N) is 1. The van der Waals surface area contributed by atoms with E-state index in [1.54, 1.807) is 36.4 Å². The lowest BCUT2D eigenvalue weighted by Gasteiger charge is -2.14. The van der Waals surface area contributed by atoms with Crippen LogP contribution in [-0.4, -0.2) is 32.2 Å². The summed E-state index contributed by atoms with van der Waals surface area (Å²) in [4.78, 5) is 24.3. The van der Waals surface area contributed by atoms with Gasteiger partial charge in [-0.2, -0.15) is 0 Å². The second-order valence-corrected chi connectivity index (χ2v) is 6.52. The summed E-state index contributed by atoms with van der Waals surface area (Å²) in [5.41, 5.74) is 1.09. The number of rotatable bonds is 7. The van der Waals surface area contributed by atoms with Gasteiger partial charge in [0.25, 0.3) is 5.91 Å². The molecule has 1 atom stereocenters. The van der Waals surface area contributed by atoms with Crippen molar-refractivity contribution in [2.45, 2.75) is 19.4 Å². The van der Waals surface area contributed by atoms with Gasteiger partial charge in [0.15, 0.2) is 17.6 Å². The average Bonchev–Trinajstić information content (AvgIpc) is 2.60. The number of carbonyl (C=O) groups is 2. The van der Waals surface area contributed by atoms with Gasteiger partial charge in [-0.05, 0) is 42.8 Å². The summed E-state index contributed by atoms with van der Waals surface area (Å²) in [5, 5.41) is 3.37. The third-order valence-corrected chi connectivity index (χ3v) is 4.04. The molecule has 0 heterocycles. The maximum Gasteiger partial charge on any atom is 0.311 e. The summed E-state index contributed by atoms with van der Waals surface area (Å²) in [6.45, 7) is 1.48. The molecule has 0 saturated carbocycles. The van der Waals surface area contributed by atoms with E-state index in [4.69, 9.17) is 37.4 Å². The van der Waals surface area contributed by atoms with Gasteiger partial charge in [0.05, 0.1) is 20.6 Å². The molecule has 0 unspecified atom stereocenters. The quantitative estimate of drug-likeness (QED) is 0.693. The van der Waals surface area contributed by atoms with E-state index in [0.717, 1.165) is 0 Å². The van der Waals surface area contributed by atoms with Crippen LogP contribution in [-0.2, 0) is 20.7 Å². The first-order chi connectivity index (χ1) is 12.8. The molecule has 1 N–H and O–H groups in total. The van der Waals surface area contributed by atoms with Gasteiger partial charge in [-0.25, -0.2) is 0 Å². The van der Waals surface area contributed by atoms with Gasteiger partial charge >= 0.3 is 5.97 Å². The maximum absolute atomic E-state index is 12.2. The van der Waals surface area contributed by atoms with E-state index >= 15 is 0 Å². The first-order valence-electron chi connectivity index (χ1n) is 7.99. The lowest BCUT2D eigenvalue weighted by atomic mass is 10.1. The van der Waals surface area contributed by atoms with Crippen molar-refractivity contribution < 1.29 is 23.8 Å². The zero-order chi connectivity index (χ0) is 20.0. The van der Waals surface area contributed by atoms with Crippen molar-refractivity contribution in [1.29, 1.82) is 0 Å². The second-order valence-electron chi connectivity index (χ2n) is 5.65. The van der Waals surface area contributed by atoms with Crippen LogP contribution >= 0.6 is 23.2 Å². The zero-order valence-electron chi connectivity index (χ0n) is 15.0. The standard InChI is InChI=1S/C19H19Cl2NO5/c1-11(19(24)22-15-9-13(20)8-14(21)10-15)27-18(23)7-12-4-5-16(25-2)17(6-12)26-3/h4-6,8-11H,7H2,1-3H3,(H,22,24)/t11-/m1/s1. The predicted octanol–water partition coefficient (Wildman–Crippen LogP) is 4.12. The van der Waals surface area contributed by atoms with Crippen LogP contribution in [0.4, 0.5) is 5.69 Å². The molecule has 0 bridgehead atoms. The van der Waals surface area contributed by atoms with Gasteiger partial charge < -0.3 is 19.5 Å². The highest BCUT2D eigenvalue weighted by Gasteiger charge is 2.19. The van der Waals surface area contributed by atoms with Crippen molar-refractivity contribution in [3.05, 3.63) is 52.0 Å². The van der Waals surface area contributed by atoms with Crippen LogP contribution in [0, 0.1) is 0 Å². The molecule has 0 fully saturated rings. The summed E-state index contributed by atoms with van der Waals surface area (Å²) in [7, 11) is 3.04. The molecule has 0 aliphatic heterocycles. The molecule has 8 heteroatoms. The summed E-state index contributed by atoms with van der Waals surface area (Å²) in [5.74, 6) is 0.0250. The molecule has 1 amide bonds. The summed E-state index contributed by atoms with van der Waals surface area (Å²) >= 11 is 11.8. The normalized spacial score (nSPS) is 11.4. The molecule has 144 valence electrons. The largest absolute Gasteiger partial charge is 0.493 e. The maximum atomic E-state index is 12.2. The number of halogens is 2. The number of hydrogen-bond donors (Lipinski definition) is 1. The Hall–Kier alpha value is -2.44. The van der Waals surface area contributed by atoms with Gasteiger partial charge in [0.2, 0.25) is 0 Å². The summed E-state index contributed by atoms with van der Waals surface area (Å²) in [6.07, 6.45) is -1.00. The molecule has 0 aliphatic rings. The Balaban J connectivity index is 1.95. The number of anilines is 1. The summed E-state index contributed by atoms with van der Waals surface area (Å²) in [6, 6.07) is 9.74. The fraction of sp³-hybridized carbons (Fsp3) is 0.263. The van der Waals surface area contributed by atoms with Crippen LogP contribution in [0.3, 0.4) is 0 Å². The van der Waals surface area contributed by atoms with Gasteiger partial charge in [-0.1, -0.05) is 29.3 Å². The third kappa shape index (κ3) is 6.05. The van der Waals surface area contributed by atoms with Crippen LogP contribution in [0.25, 0.3) is 0 Å². The molecular weight excluding hydrogens is 393 g/mol. The fourth-order valence-corrected chi connectivity index (χ4v) is 2.85. The zero-order valence-corrected chi connectivity index (χ0v) is 16.6. The van der Waals surface area contributed by atoms with Crippen LogP contribution in [0.15, 0.2) is 36.4 Å². The molecule has 0 saturated heterocycles. The van der Waals surface area contributed by atoms with E-state index in [9.17, 15) is 9.59 Å². The van der Waals surface area contributed by atoms with E-state index in [0.29, 0.717) is 32.8 Å². The van der Waals surface area contributed by atoms with Crippen molar-refractivity contribution >= 4 is 40.8 Å². The highest BCUT2D eigenvalue weighted by atomic mass is 35.5. The smallest absolute Gasteiger partial charge is 0.311 e. The Morgan fingerprint density at radius 2 is 1.63 bits per heavy atom. The lowest BCUT2D eigenvalue weighted by Crippen LogP contribution is -2.30. The van der Waals surface area contributed by atoms with E-state index in [1.807, 2.05) is 0 Å². The van der Waals surface area contributed by atoms with E-state index in [2.05, 4.69) is 5.32 Å². The molecular formula is C19H19Cl2NO5. The molecule has 0 spiro atoms. The molecule has 2 aromatic rings. The van der Waals surface area contributed by atoms with E-state index in [1.165, 1.54) is 21.1 Å². The minimum Gasteiger partial charge on any atom is -0.493 e. The number of esters is 1. The number of carbonyl (C=O) groups excluding carboxylic acids is 2. The lowest BCUT2D eigenvalue weighted by molar-refractivity contribution is -0.152. The minimum absolute atomic E-state index is 0.0129. The van der Waals surface area contributed by atoms with Gasteiger partial charge in [-0.15, -0.1) is 0 Å². The molecule has 2 aromatic carbocycles. The predicted molar refractivity (Wildman–Crippen MR) is 104 cm³/mol. The molecule has 0 aliphatic carbocycles. The number of benzene rings is 2. The Labute approximate surface area is 167 Å². The van der Waals surface area contributed by atoms with Crippen molar-refractivity contribution in [3.63, 3.8) is 0 Å². The number of amides is 1. The fourth-order valence-electron chi connectivity index (χ4n) is 2.32. The number of hydrogen-bond acceptors (Lipinski definition) is 5. The Kier molecular flexibility index (Phi) is 7.33. The van der Waals surface area contributed by atoms with Crippen molar-refractivity contribution in [2.24, 2.45) is 0 Å². The van der Waals surface area contributed by atoms with E-state index < -0.39 is 18.0 Å². The van der Waals surface area contributed by atoms with Crippen LogP contribution in [0.2, 0.25) is 10.0 Å². The molecule has 2 rings (SSSR count). The minimum atomic E-state index is -0.990. The Morgan fingerprint density at radius 3 is 2.22 bits per heavy atom. The Morgan fingerprint density at radius 1 is 1.00 bits per heavy atom. The number of ether oxygens (including phenoxy) is 3. The van der Waals surface area contributed by atoms with Crippen LogP contribution in [0.5, 0.6) is 11.5 Å². The second kappa shape index (κ2) is 9.48. The third-order valence-electron chi connectivity index (χ3n) is 3.60. The molecule has 0 radical (unpaired) electrons. The topological polar surface area (TPSA) is 73.9 Å². The average molecular weight is 412 g/mol. The SMILES string of the molecule is COc1ccc(CC(=O)O[C@H](C)C(=O)Nc2cc(Cl)cc(Cl)c2)cc1OC. The summed E-state index contributed by atoms with van der Waals surface area (Å²) < 4.78 is 15.5. The van der Waals surface area contributed by atoms with Crippen molar-refractivity contribution in [1.82, 2.24) is 0 Å². The van der Waals surface area contributed by atoms with Crippen molar-refractivity contribution in [3.8, 4) is 11.5 Å². The highest BCUT2D eigenvalue weighted by Crippen LogP contribution is 2.28. The Bertz CT molecular complexity index is 821. The molecule has 6 nitrogen and oxygen atoms in total. The van der Waals surface area contributed by atoms with E-state index in [-0.39, 0.29) is 6.42 Å².